The van der Waals surface area contributed by atoms with Gasteiger partial charge in [-0.1, -0.05) is 6.07 Å². The zero-order chi connectivity index (χ0) is 13.2. The van der Waals surface area contributed by atoms with Gasteiger partial charge < -0.3 is 9.47 Å². The molecule has 0 spiro atoms. The molecule has 1 aliphatic rings. The third-order valence-electron chi connectivity index (χ3n) is 3.03. The van der Waals surface area contributed by atoms with Crippen molar-refractivity contribution >= 4 is 5.78 Å². The highest BCUT2D eigenvalue weighted by Gasteiger charge is 2.17. The van der Waals surface area contributed by atoms with Gasteiger partial charge in [-0.3, -0.25) is 9.78 Å². The van der Waals surface area contributed by atoms with Crippen LogP contribution in [0.5, 0.6) is 11.5 Å². The zero-order valence-electron chi connectivity index (χ0n) is 10.6. The van der Waals surface area contributed by atoms with Crippen LogP contribution in [0.25, 0.3) is 0 Å². The van der Waals surface area contributed by atoms with E-state index in [9.17, 15) is 4.79 Å². The van der Waals surface area contributed by atoms with Crippen molar-refractivity contribution in [2.24, 2.45) is 0 Å². The Bertz CT molecular complexity index is 637. The molecular formula is C15H13NO3. The van der Waals surface area contributed by atoms with Crippen LogP contribution in [0.4, 0.5) is 0 Å². The van der Waals surface area contributed by atoms with Crippen molar-refractivity contribution in [2.75, 3.05) is 13.2 Å². The van der Waals surface area contributed by atoms with Crippen LogP contribution in [0.2, 0.25) is 0 Å². The standard InChI is InChI=1S/C15H13NO3/c1-10-3-2-6-16-14(10)15(17)11-4-5-12-13(9-11)19-8-7-18-12/h2-6,9H,7-8H2,1H3. The molecule has 0 bridgehead atoms. The lowest BCUT2D eigenvalue weighted by atomic mass is 10.0. The van der Waals surface area contributed by atoms with Gasteiger partial charge in [0, 0.05) is 11.8 Å². The SMILES string of the molecule is Cc1cccnc1C(=O)c1ccc2c(c1)OCCO2. The maximum absolute atomic E-state index is 12.4. The fourth-order valence-corrected chi connectivity index (χ4v) is 2.04. The first-order chi connectivity index (χ1) is 9.25. The highest BCUT2D eigenvalue weighted by Crippen LogP contribution is 2.31. The summed E-state index contributed by atoms with van der Waals surface area (Å²) in [6, 6.07) is 8.91. The molecule has 1 aliphatic heterocycles. The number of carbonyl (C=O) groups excluding carboxylic acids is 1. The van der Waals surface area contributed by atoms with Gasteiger partial charge in [0.05, 0.1) is 0 Å². The summed E-state index contributed by atoms with van der Waals surface area (Å²) < 4.78 is 10.9. The molecule has 0 saturated heterocycles. The van der Waals surface area contributed by atoms with E-state index in [4.69, 9.17) is 9.47 Å². The molecule has 0 atom stereocenters. The van der Waals surface area contributed by atoms with Gasteiger partial charge in [-0.25, -0.2) is 0 Å². The number of ketones is 1. The molecule has 0 unspecified atom stereocenters. The van der Waals surface area contributed by atoms with E-state index in [1.165, 1.54) is 0 Å². The van der Waals surface area contributed by atoms with Crippen LogP contribution in [-0.2, 0) is 0 Å². The molecule has 0 radical (unpaired) electrons. The van der Waals surface area contributed by atoms with Crippen LogP contribution in [0, 0.1) is 6.92 Å². The minimum absolute atomic E-state index is 0.102. The Kier molecular flexibility index (Phi) is 2.91. The Hall–Kier alpha value is -2.36. The molecule has 1 aromatic carbocycles. The predicted molar refractivity (Wildman–Crippen MR) is 69.8 cm³/mol. The topological polar surface area (TPSA) is 48.4 Å². The zero-order valence-corrected chi connectivity index (χ0v) is 10.6. The lowest BCUT2D eigenvalue weighted by Gasteiger charge is -2.18. The second-order valence-electron chi connectivity index (χ2n) is 4.36. The molecule has 0 fully saturated rings. The van der Waals surface area contributed by atoms with Gasteiger partial charge in [0.25, 0.3) is 0 Å². The maximum Gasteiger partial charge on any atom is 0.211 e. The molecule has 96 valence electrons. The van der Waals surface area contributed by atoms with E-state index in [0.29, 0.717) is 36.0 Å². The van der Waals surface area contributed by atoms with Crippen LogP contribution in [0.3, 0.4) is 0 Å². The third kappa shape index (κ3) is 2.17. The molecule has 3 rings (SSSR count). The summed E-state index contributed by atoms with van der Waals surface area (Å²) in [4.78, 5) is 16.5. The first-order valence-corrected chi connectivity index (χ1v) is 6.11. The molecule has 0 saturated carbocycles. The highest BCUT2D eigenvalue weighted by atomic mass is 16.6. The van der Waals surface area contributed by atoms with Crippen molar-refractivity contribution < 1.29 is 14.3 Å². The molecule has 2 heterocycles. The maximum atomic E-state index is 12.4. The number of carbonyl (C=O) groups is 1. The Balaban J connectivity index is 1.98. The minimum atomic E-state index is -0.102. The molecule has 1 aromatic heterocycles. The monoisotopic (exact) mass is 255 g/mol. The second kappa shape index (κ2) is 4.72. The molecule has 19 heavy (non-hydrogen) atoms. The molecule has 4 nitrogen and oxygen atoms in total. The lowest BCUT2D eigenvalue weighted by molar-refractivity contribution is 0.103. The van der Waals surface area contributed by atoms with Crippen LogP contribution < -0.4 is 9.47 Å². The van der Waals surface area contributed by atoms with Gasteiger partial charge in [0.15, 0.2) is 11.5 Å². The van der Waals surface area contributed by atoms with Gasteiger partial charge in [-0.2, -0.15) is 0 Å². The molecule has 2 aromatic rings. The molecule has 0 amide bonds. The summed E-state index contributed by atoms with van der Waals surface area (Å²) in [6.07, 6.45) is 1.62. The number of aryl methyl sites for hydroxylation is 1. The number of nitrogens with zero attached hydrogens (tertiary/aromatic N) is 1. The van der Waals surface area contributed by atoms with Crippen LogP contribution in [0.15, 0.2) is 36.5 Å². The van der Waals surface area contributed by atoms with Crippen LogP contribution in [-0.4, -0.2) is 24.0 Å². The van der Waals surface area contributed by atoms with E-state index < -0.39 is 0 Å². The largest absolute Gasteiger partial charge is 0.486 e. The number of hydrogen-bond donors (Lipinski definition) is 0. The van der Waals surface area contributed by atoms with E-state index in [1.807, 2.05) is 19.1 Å². The first-order valence-electron chi connectivity index (χ1n) is 6.11. The molecule has 0 N–H and O–H groups in total. The van der Waals surface area contributed by atoms with E-state index >= 15 is 0 Å². The van der Waals surface area contributed by atoms with Gasteiger partial charge in [0.2, 0.25) is 5.78 Å². The average molecular weight is 255 g/mol. The van der Waals surface area contributed by atoms with Gasteiger partial charge in [-0.05, 0) is 36.8 Å². The first kappa shape index (κ1) is 11.7. The van der Waals surface area contributed by atoms with Crippen molar-refractivity contribution in [3.63, 3.8) is 0 Å². The van der Waals surface area contributed by atoms with Gasteiger partial charge in [-0.15, -0.1) is 0 Å². The third-order valence-corrected chi connectivity index (χ3v) is 3.03. The Morgan fingerprint density at radius 3 is 2.74 bits per heavy atom. The van der Waals surface area contributed by atoms with Crippen molar-refractivity contribution in [3.05, 3.63) is 53.3 Å². The summed E-state index contributed by atoms with van der Waals surface area (Å²) in [5, 5.41) is 0. The van der Waals surface area contributed by atoms with Crippen LogP contribution in [0.1, 0.15) is 21.6 Å². The minimum Gasteiger partial charge on any atom is -0.486 e. The Morgan fingerprint density at radius 2 is 1.95 bits per heavy atom. The number of benzene rings is 1. The quantitative estimate of drug-likeness (QED) is 0.773. The molecular weight excluding hydrogens is 242 g/mol. The summed E-state index contributed by atoms with van der Waals surface area (Å²) in [5.74, 6) is 1.20. The van der Waals surface area contributed by atoms with E-state index in [2.05, 4.69) is 4.98 Å². The highest BCUT2D eigenvalue weighted by molar-refractivity contribution is 6.08. The average Bonchev–Trinajstić information content (AvgIpc) is 2.46. The summed E-state index contributed by atoms with van der Waals surface area (Å²) >= 11 is 0. The van der Waals surface area contributed by atoms with Gasteiger partial charge in [0.1, 0.15) is 18.9 Å². The van der Waals surface area contributed by atoms with E-state index in [-0.39, 0.29) is 5.78 Å². The number of hydrogen-bond acceptors (Lipinski definition) is 4. The normalized spacial score (nSPS) is 13.1. The number of rotatable bonds is 2. The lowest BCUT2D eigenvalue weighted by Crippen LogP contribution is -2.16. The van der Waals surface area contributed by atoms with Gasteiger partial charge >= 0.3 is 0 Å². The fraction of sp³-hybridized carbons (Fsp3) is 0.200. The summed E-state index contributed by atoms with van der Waals surface area (Å²) in [6.45, 7) is 2.92. The van der Waals surface area contributed by atoms with Crippen molar-refractivity contribution in [1.82, 2.24) is 4.98 Å². The van der Waals surface area contributed by atoms with E-state index in [0.717, 1.165) is 5.56 Å². The van der Waals surface area contributed by atoms with Crippen LogP contribution >= 0.6 is 0 Å². The molecule has 0 aliphatic carbocycles. The van der Waals surface area contributed by atoms with Crippen molar-refractivity contribution in [1.29, 1.82) is 0 Å². The summed E-state index contributed by atoms with van der Waals surface area (Å²) in [5.41, 5.74) is 1.90. The number of aromatic nitrogens is 1. The number of pyridine rings is 1. The van der Waals surface area contributed by atoms with E-state index in [1.54, 1.807) is 24.4 Å². The second-order valence-corrected chi connectivity index (χ2v) is 4.36. The smallest absolute Gasteiger partial charge is 0.211 e. The predicted octanol–water partition coefficient (Wildman–Crippen LogP) is 2.39. The Morgan fingerprint density at radius 1 is 1.16 bits per heavy atom. The Labute approximate surface area is 111 Å². The number of fused-ring (bicyclic) bond motifs is 1. The van der Waals surface area contributed by atoms with Crippen molar-refractivity contribution in [2.45, 2.75) is 6.92 Å². The van der Waals surface area contributed by atoms with Crippen molar-refractivity contribution in [3.8, 4) is 11.5 Å². The number of ether oxygens (including phenoxy) is 2. The molecule has 4 heteroatoms. The fourth-order valence-electron chi connectivity index (χ4n) is 2.04. The summed E-state index contributed by atoms with van der Waals surface area (Å²) in [7, 11) is 0.